The van der Waals surface area contributed by atoms with Gasteiger partial charge in [-0.3, -0.25) is 14.6 Å². The molecule has 1 aliphatic heterocycles. The zero-order chi connectivity index (χ0) is 38.6. The Labute approximate surface area is 304 Å². The molecule has 0 spiro atoms. The number of rotatable bonds is 11. The number of aryl methyl sites for hydroxylation is 1. The van der Waals surface area contributed by atoms with Gasteiger partial charge in [0.25, 0.3) is 5.91 Å². The van der Waals surface area contributed by atoms with Gasteiger partial charge in [-0.25, -0.2) is 0 Å². The van der Waals surface area contributed by atoms with E-state index in [4.69, 9.17) is 4.74 Å². The topological polar surface area (TPSA) is 100 Å². The van der Waals surface area contributed by atoms with Crippen molar-refractivity contribution in [3.63, 3.8) is 0 Å². The molecule has 1 saturated carbocycles. The lowest BCUT2D eigenvalue weighted by Gasteiger charge is -2.50. The van der Waals surface area contributed by atoms with Crippen molar-refractivity contribution < 1.29 is 45.5 Å². The molecule has 1 saturated heterocycles. The lowest BCUT2D eigenvalue weighted by molar-refractivity contribution is -0.151. The van der Waals surface area contributed by atoms with Gasteiger partial charge in [0.2, 0.25) is 0 Å². The summed E-state index contributed by atoms with van der Waals surface area (Å²) in [5.74, 6) is -2.12. The van der Waals surface area contributed by atoms with Crippen LogP contribution in [0.3, 0.4) is 0 Å². The summed E-state index contributed by atoms with van der Waals surface area (Å²) in [7, 11) is 0. The number of ketones is 2. The summed E-state index contributed by atoms with van der Waals surface area (Å²) in [6.07, 6.45) is -5.09. The molecular formula is C40H41F6N3O4. The normalized spacial score (nSPS) is 23.6. The molecule has 2 aliphatic rings. The Morgan fingerprint density at radius 2 is 1.64 bits per heavy atom. The molecule has 1 aliphatic carbocycles. The number of pyridine rings is 1. The maximum atomic E-state index is 15.0. The van der Waals surface area contributed by atoms with Crippen molar-refractivity contribution in [2.24, 2.45) is 5.92 Å². The number of amides is 1. The summed E-state index contributed by atoms with van der Waals surface area (Å²) in [4.78, 5) is 45.9. The number of carbonyl (C=O) groups excluding carboxylic acids is 3. The predicted molar refractivity (Wildman–Crippen MR) is 183 cm³/mol. The number of halogens is 6. The number of likely N-dealkylation sites (tertiary alicyclic amines) is 1. The zero-order valence-corrected chi connectivity index (χ0v) is 29.5. The van der Waals surface area contributed by atoms with Crippen LogP contribution in [-0.2, 0) is 33.8 Å². The average Bonchev–Trinajstić information content (AvgIpc) is 3.14. The van der Waals surface area contributed by atoms with Crippen LogP contribution in [0.5, 0.6) is 5.75 Å². The fraction of sp³-hybridized carbons (Fsp3) is 0.475. The first-order valence-corrected chi connectivity index (χ1v) is 17.8. The molecule has 3 aromatic rings. The minimum absolute atomic E-state index is 0.0123. The Balaban J connectivity index is 1.54. The van der Waals surface area contributed by atoms with Crippen molar-refractivity contribution >= 4 is 17.5 Å². The molecule has 1 aromatic heterocycles. The molecule has 53 heavy (non-hydrogen) atoms. The first kappa shape index (κ1) is 39.5. The second kappa shape index (κ2) is 15.7. The molecular weight excluding hydrogens is 700 g/mol. The number of piperidine rings is 1. The van der Waals surface area contributed by atoms with E-state index < -0.39 is 63.7 Å². The summed E-state index contributed by atoms with van der Waals surface area (Å²) in [5.41, 5.74) is -3.90. The molecule has 2 fully saturated rings. The van der Waals surface area contributed by atoms with Gasteiger partial charge in [0, 0.05) is 31.3 Å². The van der Waals surface area contributed by atoms with Gasteiger partial charge in [-0.1, -0.05) is 37.6 Å². The summed E-state index contributed by atoms with van der Waals surface area (Å²) in [6, 6.07) is 13.4. The Morgan fingerprint density at radius 3 is 2.25 bits per heavy atom. The van der Waals surface area contributed by atoms with Crippen molar-refractivity contribution in [3.05, 3.63) is 94.8 Å². The van der Waals surface area contributed by atoms with E-state index >= 15 is 4.79 Å². The summed E-state index contributed by atoms with van der Waals surface area (Å²) >= 11 is 0. The largest absolute Gasteiger partial charge is 0.477 e. The van der Waals surface area contributed by atoms with Crippen molar-refractivity contribution in [1.82, 2.24) is 9.88 Å². The van der Waals surface area contributed by atoms with Crippen LogP contribution in [0.25, 0.3) is 0 Å². The molecule has 7 nitrogen and oxygen atoms in total. The fourth-order valence-electron chi connectivity index (χ4n) is 8.01. The van der Waals surface area contributed by atoms with Crippen molar-refractivity contribution in [2.45, 2.75) is 107 Å². The van der Waals surface area contributed by atoms with Crippen molar-refractivity contribution in [1.29, 1.82) is 5.26 Å². The second-order valence-electron chi connectivity index (χ2n) is 14.0. The molecule has 0 unspecified atom stereocenters. The van der Waals surface area contributed by atoms with Crippen LogP contribution in [0.1, 0.15) is 104 Å². The maximum Gasteiger partial charge on any atom is 0.417 e. The summed E-state index contributed by atoms with van der Waals surface area (Å²) < 4.78 is 89.1. The highest BCUT2D eigenvalue weighted by atomic mass is 19.4. The lowest BCUT2D eigenvalue weighted by atomic mass is 9.63. The number of benzene rings is 2. The van der Waals surface area contributed by atoms with E-state index in [2.05, 4.69) is 11.1 Å². The van der Waals surface area contributed by atoms with Gasteiger partial charge in [-0.05, 0) is 99.7 Å². The van der Waals surface area contributed by atoms with Crippen LogP contribution in [0.2, 0.25) is 0 Å². The Kier molecular flexibility index (Phi) is 11.7. The van der Waals surface area contributed by atoms with E-state index in [-0.39, 0.29) is 50.2 Å². The monoisotopic (exact) mass is 741 g/mol. The van der Waals surface area contributed by atoms with E-state index in [1.54, 1.807) is 6.92 Å². The molecule has 5 rings (SSSR count). The quantitative estimate of drug-likeness (QED) is 0.182. The third-order valence-electron chi connectivity index (χ3n) is 10.6. The third kappa shape index (κ3) is 8.26. The second-order valence-corrected chi connectivity index (χ2v) is 14.0. The summed E-state index contributed by atoms with van der Waals surface area (Å²) in [6.45, 7) is 3.31. The predicted octanol–water partition coefficient (Wildman–Crippen LogP) is 9.08. The molecule has 2 heterocycles. The van der Waals surface area contributed by atoms with Crippen molar-refractivity contribution in [3.8, 4) is 11.8 Å². The highest BCUT2D eigenvalue weighted by Crippen LogP contribution is 2.47. The van der Waals surface area contributed by atoms with Crippen LogP contribution in [0.4, 0.5) is 26.3 Å². The number of hydrogen-bond donors (Lipinski definition) is 0. The van der Waals surface area contributed by atoms with E-state index in [1.165, 1.54) is 11.8 Å². The number of ether oxygens (including phenoxy) is 1. The van der Waals surface area contributed by atoms with Crippen molar-refractivity contribution in [2.75, 3.05) is 6.54 Å². The number of alkyl halides is 6. The number of hydrogen-bond acceptors (Lipinski definition) is 6. The van der Waals surface area contributed by atoms with Crippen LogP contribution >= 0.6 is 0 Å². The highest BCUT2D eigenvalue weighted by molar-refractivity contribution is 5.98. The Hall–Kier alpha value is -4.73. The molecule has 0 radical (unpaired) electrons. The molecule has 2 aromatic carbocycles. The van der Waals surface area contributed by atoms with Gasteiger partial charge >= 0.3 is 12.4 Å². The van der Waals surface area contributed by atoms with Gasteiger partial charge in [-0.2, -0.15) is 31.6 Å². The van der Waals surface area contributed by atoms with Gasteiger partial charge in [0.15, 0.2) is 11.4 Å². The smallest absolute Gasteiger partial charge is 0.417 e. The first-order chi connectivity index (χ1) is 25.1. The maximum absolute atomic E-state index is 15.0. The fourth-order valence-corrected chi connectivity index (χ4v) is 8.01. The van der Waals surface area contributed by atoms with Crippen LogP contribution in [0.15, 0.2) is 67.0 Å². The molecule has 0 N–H and O–H groups in total. The van der Waals surface area contributed by atoms with Gasteiger partial charge in [0.05, 0.1) is 34.2 Å². The molecule has 13 heteroatoms. The molecule has 1 amide bonds. The van der Waals surface area contributed by atoms with Gasteiger partial charge < -0.3 is 14.4 Å². The van der Waals surface area contributed by atoms with Gasteiger partial charge in [0.1, 0.15) is 11.5 Å². The summed E-state index contributed by atoms with van der Waals surface area (Å²) in [5, 5.41) is 10.6. The standard InChI is InChI=1S/C40H41F6N3O4/c1-3-7-34-38(53-30-14-12-29(13-15-30)39(41,42)43,19-6-23-49(34)36(52)31-24-48-22-18-33(31)40(44,45)46)35(51)28-16-20-37(25-47,21-17-28)32-9-5-4-8-27(32)11-10-26(2)50/h4-5,8-9,12-15,18,22,24,28,34H,3,6-7,10-11,16-17,19-21,23H2,1-2H3/t28?,34-,37?,38+/m1/s1. The minimum Gasteiger partial charge on any atom is -0.477 e. The number of Topliss-reactive ketones (excluding diaryl/α,β-unsaturated/α-hetero) is 2. The number of carbonyl (C=O) groups is 3. The Morgan fingerprint density at radius 1 is 0.962 bits per heavy atom. The first-order valence-electron chi connectivity index (χ1n) is 17.8. The lowest BCUT2D eigenvalue weighted by Crippen LogP contribution is -2.66. The number of aromatic nitrogens is 1. The molecule has 0 bridgehead atoms. The van der Waals surface area contributed by atoms with E-state index in [0.717, 1.165) is 47.8 Å². The third-order valence-corrected chi connectivity index (χ3v) is 10.6. The SMILES string of the molecule is CCC[C@H]1N(C(=O)c2cnccc2C(F)(F)F)CCC[C@@]1(Oc1ccc(C(F)(F)F)cc1)C(=O)C1CCC(C#N)(c2ccccc2CCC(C)=O)CC1. The van der Waals surface area contributed by atoms with Crippen LogP contribution in [0, 0.1) is 17.2 Å². The number of nitriles is 1. The van der Waals surface area contributed by atoms with E-state index in [9.17, 15) is 41.2 Å². The molecule has 282 valence electrons. The molecule has 2 atom stereocenters. The van der Waals surface area contributed by atoms with Crippen LogP contribution < -0.4 is 4.74 Å². The minimum atomic E-state index is -4.87. The number of nitrogens with zero attached hydrogens (tertiary/aromatic N) is 3. The zero-order valence-electron chi connectivity index (χ0n) is 29.5. The Bertz CT molecular complexity index is 1840. The van der Waals surface area contributed by atoms with Crippen LogP contribution in [-0.4, -0.2) is 45.5 Å². The van der Waals surface area contributed by atoms with E-state index in [0.29, 0.717) is 38.2 Å². The van der Waals surface area contributed by atoms with Gasteiger partial charge in [-0.15, -0.1) is 0 Å². The average molecular weight is 742 g/mol. The van der Waals surface area contributed by atoms with E-state index in [1.807, 2.05) is 24.3 Å². The highest BCUT2D eigenvalue weighted by Gasteiger charge is 2.56.